The van der Waals surface area contributed by atoms with Gasteiger partial charge in [-0.15, -0.1) is 0 Å². The van der Waals surface area contributed by atoms with Crippen LogP contribution < -0.4 is 10.1 Å². The second-order valence-corrected chi connectivity index (χ2v) is 5.11. The van der Waals surface area contributed by atoms with Gasteiger partial charge in [0.2, 0.25) is 0 Å². The molecule has 0 unspecified atom stereocenters. The minimum atomic E-state index is -0.809. The predicted molar refractivity (Wildman–Crippen MR) is 79.5 cm³/mol. The third-order valence-corrected chi connectivity index (χ3v) is 3.42. The average Bonchev–Trinajstić information content (AvgIpc) is 2.37. The van der Waals surface area contributed by atoms with E-state index in [0.717, 1.165) is 3.57 Å². The lowest BCUT2D eigenvalue weighted by Gasteiger charge is -2.08. The van der Waals surface area contributed by atoms with Crippen LogP contribution in [-0.4, -0.2) is 30.6 Å². The highest BCUT2D eigenvalue weighted by Gasteiger charge is 2.10. The number of carbonyl (C=O) groups excluding carboxylic acids is 1. The number of benzene rings is 1. The zero-order valence-corrected chi connectivity index (χ0v) is 12.8. The van der Waals surface area contributed by atoms with Crippen molar-refractivity contribution in [3.8, 4) is 5.75 Å². The number of carboxylic acids is 1. The monoisotopic (exact) mass is 377 g/mol. The van der Waals surface area contributed by atoms with E-state index in [0.29, 0.717) is 30.7 Å². The van der Waals surface area contributed by atoms with Crippen molar-refractivity contribution < 1.29 is 19.4 Å². The van der Waals surface area contributed by atoms with E-state index >= 15 is 0 Å². The summed E-state index contributed by atoms with van der Waals surface area (Å²) in [6.45, 7) is 0.480. The number of halogens is 1. The van der Waals surface area contributed by atoms with Crippen LogP contribution in [0.2, 0.25) is 0 Å². The van der Waals surface area contributed by atoms with E-state index in [-0.39, 0.29) is 12.3 Å². The summed E-state index contributed by atoms with van der Waals surface area (Å²) >= 11 is 2.08. The topological polar surface area (TPSA) is 75.6 Å². The normalized spacial score (nSPS) is 10.0. The molecule has 0 spiro atoms. The van der Waals surface area contributed by atoms with Crippen LogP contribution in [0.15, 0.2) is 18.2 Å². The molecule has 0 fully saturated rings. The fourth-order valence-electron chi connectivity index (χ4n) is 1.51. The SMILES string of the molecule is COc1ccc(C(=O)NCCCCC(=O)O)c(I)c1. The first kappa shape index (κ1) is 15.7. The first-order chi connectivity index (χ1) is 9.04. The molecule has 0 aliphatic carbocycles. The number of hydrogen-bond acceptors (Lipinski definition) is 3. The number of ether oxygens (including phenoxy) is 1. The van der Waals surface area contributed by atoms with Crippen molar-refractivity contribution in [1.29, 1.82) is 0 Å². The molecule has 19 heavy (non-hydrogen) atoms. The maximum atomic E-state index is 11.9. The van der Waals surface area contributed by atoms with E-state index in [1.807, 2.05) is 0 Å². The molecule has 0 saturated heterocycles. The summed E-state index contributed by atoms with van der Waals surface area (Å²) in [5.41, 5.74) is 0.597. The summed E-state index contributed by atoms with van der Waals surface area (Å²) in [6, 6.07) is 5.24. The van der Waals surface area contributed by atoms with E-state index in [2.05, 4.69) is 27.9 Å². The van der Waals surface area contributed by atoms with Crippen molar-refractivity contribution in [2.24, 2.45) is 0 Å². The number of hydrogen-bond donors (Lipinski definition) is 2. The zero-order chi connectivity index (χ0) is 14.3. The number of carboxylic acid groups (broad SMARTS) is 1. The van der Waals surface area contributed by atoms with Crippen LogP contribution in [0.25, 0.3) is 0 Å². The zero-order valence-electron chi connectivity index (χ0n) is 10.6. The molecular weight excluding hydrogens is 361 g/mol. The molecule has 0 saturated carbocycles. The smallest absolute Gasteiger partial charge is 0.303 e. The minimum Gasteiger partial charge on any atom is -0.497 e. The van der Waals surface area contributed by atoms with Crippen molar-refractivity contribution in [1.82, 2.24) is 5.32 Å². The first-order valence-corrected chi connectivity index (χ1v) is 6.96. The van der Waals surface area contributed by atoms with Gasteiger partial charge in [-0.25, -0.2) is 0 Å². The van der Waals surface area contributed by atoms with Crippen LogP contribution in [0.3, 0.4) is 0 Å². The van der Waals surface area contributed by atoms with Gasteiger partial charge >= 0.3 is 5.97 Å². The summed E-state index contributed by atoms with van der Waals surface area (Å²) in [6.07, 6.45) is 1.36. The van der Waals surface area contributed by atoms with Crippen LogP contribution in [-0.2, 0) is 4.79 Å². The fourth-order valence-corrected chi connectivity index (χ4v) is 2.24. The highest BCUT2D eigenvalue weighted by molar-refractivity contribution is 14.1. The van der Waals surface area contributed by atoms with Gasteiger partial charge in [0, 0.05) is 16.5 Å². The van der Waals surface area contributed by atoms with Gasteiger partial charge in [0.1, 0.15) is 5.75 Å². The Balaban J connectivity index is 2.43. The molecule has 0 aromatic heterocycles. The van der Waals surface area contributed by atoms with E-state index in [1.54, 1.807) is 25.3 Å². The van der Waals surface area contributed by atoms with Gasteiger partial charge in [-0.1, -0.05) is 0 Å². The first-order valence-electron chi connectivity index (χ1n) is 5.88. The lowest BCUT2D eigenvalue weighted by molar-refractivity contribution is -0.137. The van der Waals surface area contributed by atoms with Gasteiger partial charge in [-0.3, -0.25) is 9.59 Å². The summed E-state index contributed by atoms with van der Waals surface area (Å²) < 4.78 is 5.89. The van der Waals surface area contributed by atoms with Crippen LogP contribution in [0.5, 0.6) is 5.75 Å². The van der Waals surface area contributed by atoms with Crippen molar-refractivity contribution in [2.75, 3.05) is 13.7 Å². The van der Waals surface area contributed by atoms with Crippen molar-refractivity contribution in [3.63, 3.8) is 0 Å². The summed E-state index contributed by atoms with van der Waals surface area (Å²) in [7, 11) is 1.58. The number of carbonyl (C=O) groups is 2. The molecule has 0 bridgehead atoms. The number of unbranched alkanes of at least 4 members (excludes halogenated alkanes) is 1. The second-order valence-electron chi connectivity index (χ2n) is 3.95. The highest BCUT2D eigenvalue weighted by Crippen LogP contribution is 2.19. The maximum Gasteiger partial charge on any atom is 0.303 e. The molecule has 0 heterocycles. The molecule has 1 rings (SSSR count). The van der Waals surface area contributed by atoms with Gasteiger partial charge in [-0.2, -0.15) is 0 Å². The third kappa shape index (κ3) is 5.46. The minimum absolute atomic E-state index is 0.135. The Hall–Kier alpha value is -1.31. The second kappa shape index (κ2) is 7.98. The number of amides is 1. The quantitative estimate of drug-likeness (QED) is 0.565. The number of rotatable bonds is 7. The largest absolute Gasteiger partial charge is 0.497 e. The third-order valence-electron chi connectivity index (χ3n) is 2.52. The molecule has 104 valence electrons. The summed E-state index contributed by atoms with van der Waals surface area (Å²) in [5.74, 6) is -0.249. The number of methoxy groups -OCH3 is 1. The fraction of sp³-hybridized carbons (Fsp3) is 0.385. The standard InChI is InChI=1S/C13H16INO4/c1-19-9-5-6-10(11(14)8-9)13(18)15-7-3-2-4-12(16)17/h5-6,8H,2-4,7H2,1H3,(H,15,18)(H,16,17). The molecule has 0 aliphatic heterocycles. The Morgan fingerprint density at radius 2 is 2.11 bits per heavy atom. The molecule has 0 atom stereocenters. The van der Waals surface area contributed by atoms with E-state index < -0.39 is 5.97 Å². The van der Waals surface area contributed by atoms with Crippen LogP contribution in [0, 0.1) is 3.57 Å². The van der Waals surface area contributed by atoms with Gasteiger partial charge in [0.25, 0.3) is 5.91 Å². The van der Waals surface area contributed by atoms with E-state index in [9.17, 15) is 9.59 Å². The van der Waals surface area contributed by atoms with Crippen molar-refractivity contribution >= 4 is 34.5 Å². The van der Waals surface area contributed by atoms with Gasteiger partial charge in [0.05, 0.1) is 12.7 Å². The van der Waals surface area contributed by atoms with E-state index in [1.165, 1.54) is 0 Å². The molecule has 2 N–H and O–H groups in total. The van der Waals surface area contributed by atoms with Crippen molar-refractivity contribution in [3.05, 3.63) is 27.3 Å². The Bertz CT molecular complexity index is 462. The molecule has 0 aliphatic rings. The van der Waals surface area contributed by atoms with Crippen LogP contribution >= 0.6 is 22.6 Å². The summed E-state index contributed by atoms with van der Waals surface area (Å²) in [5, 5.41) is 11.3. The molecule has 5 nitrogen and oxygen atoms in total. The lowest BCUT2D eigenvalue weighted by Crippen LogP contribution is -2.25. The predicted octanol–water partition coefficient (Wildman–Crippen LogP) is 2.28. The highest BCUT2D eigenvalue weighted by atomic mass is 127. The number of aliphatic carboxylic acids is 1. The molecule has 0 radical (unpaired) electrons. The Kier molecular flexibility index (Phi) is 6.61. The average molecular weight is 377 g/mol. The Morgan fingerprint density at radius 1 is 1.37 bits per heavy atom. The molecule has 6 heteroatoms. The molecule has 1 amide bonds. The Labute approximate surface area is 125 Å². The van der Waals surface area contributed by atoms with Crippen molar-refractivity contribution in [2.45, 2.75) is 19.3 Å². The Morgan fingerprint density at radius 3 is 2.68 bits per heavy atom. The number of nitrogens with one attached hydrogen (secondary N) is 1. The van der Waals surface area contributed by atoms with Crippen LogP contribution in [0.1, 0.15) is 29.6 Å². The maximum absolute atomic E-state index is 11.9. The van der Waals surface area contributed by atoms with E-state index in [4.69, 9.17) is 9.84 Å². The van der Waals surface area contributed by atoms with Gasteiger partial charge in [0.15, 0.2) is 0 Å². The molecule has 1 aromatic carbocycles. The van der Waals surface area contributed by atoms with Crippen LogP contribution in [0.4, 0.5) is 0 Å². The van der Waals surface area contributed by atoms with Gasteiger partial charge in [-0.05, 0) is 53.6 Å². The molecule has 1 aromatic rings. The lowest BCUT2D eigenvalue weighted by atomic mass is 10.2. The summed E-state index contributed by atoms with van der Waals surface area (Å²) in [4.78, 5) is 22.2. The molecular formula is C13H16INO4. The van der Waals surface area contributed by atoms with Gasteiger partial charge < -0.3 is 15.2 Å².